The molecule has 3 amide bonds. The molecule has 0 aliphatic carbocycles. The fourth-order valence-electron chi connectivity index (χ4n) is 2.97. The molecule has 0 spiro atoms. The monoisotopic (exact) mass is 348 g/mol. The molecule has 1 fully saturated rings. The molecular formula is C17H24N4O4. The van der Waals surface area contributed by atoms with Crippen LogP contribution in [0.3, 0.4) is 0 Å². The summed E-state index contributed by atoms with van der Waals surface area (Å²) in [5.41, 5.74) is 1.09. The normalized spacial score (nSPS) is 14.9. The summed E-state index contributed by atoms with van der Waals surface area (Å²) in [6.45, 7) is 2.91. The number of benzene rings is 1. The number of nitro benzene ring substituents is 1. The van der Waals surface area contributed by atoms with Crippen LogP contribution in [0.5, 0.6) is 0 Å². The number of carbonyl (C=O) groups excluding carboxylic acids is 2. The minimum Gasteiger partial charge on any atom is -0.331 e. The Balaban J connectivity index is 1.98. The predicted molar refractivity (Wildman–Crippen MR) is 94.5 cm³/mol. The lowest BCUT2D eigenvalue weighted by atomic mass is 9.96. The molecule has 2 rings (SSSR count). The van der Waals surface area contributed by atoms with Gasteiger partial charge in [-0.2, -0.15) is 0 Å². The summed E-state index contributed by atoms with van der Waals surface area (Å²) in [6.07, 6.45) is 1.73. The Morgan fingerprint density at radius 1 is 1.32 bits per heavy atom. The van der Waals surface area contributed by atoms with Crippen LogP contribution in [-0.4, -0.2) is 53.8 Å². The topological polar surface area (TPSA) is 95.8 Å². The van der Waals surface area contributed by atoms with Crippen LogP contribution in [0.15, 0.2) is 18.2 Å². The van der Waals surface area contributed by atoms with Crippen LogP contribution in [0.4, 0.5) is 16.2 Å². The van der Waals surface area contributed by atoms with Crippen LogP contribution >= 0.6 is 0 Å². The van der Waals surface area contributed by atoms with Crippen LogP contribution in [0.2, 0.25) is 0 Å². The van der Waals surface area contributed by atoms with Crippen molar-refractivity contribution in [3.05, 3.63) is 33.9 Å². The van der Waals surface area contributed by atoms with Gasteiger partial charge in [-0.1, -0.05) is 13.0 Å². The largest absolute Gasteiger partial charge is 0.331 e. The zero-order valence-electron chi connectivity index (χ0n) is 14.8. The summed E-state index contributed by atoms with van der Waals surface area (Å²) >= 11 is 0. The summed E-state index contributed by atoms with van der Waals surface area (Å²) < 4.78 is 0. The number of nitrogens with one attached hydrogen (secondary N) is 1. The van der Waals surface area contributed by atoms with Gasteiger partial charge in [0.05, 0.1) is 4.92 Å². The quantitative estimate of drug-likeness (QED) is 0.668. The maximum Gasteiger partial charge on any atom is 0.319 e. The second kappa shape index (κ2) is 7.96. The van der Waals surface area contributed by atoms with Crippen molar-refractivity contribution in [3.63, 3.8) is 0 Å². The lowest BCUT2D eigenvalue weighted by Gasteiger charge is -2.33. The van der Waals surface area contributed by atoms with Gasteiger partial charge >= 0.3 is 6.03 Å². The fourth-order valence-corrected chi connectivity index (χ4v) is 2.97. The third-order valence-corrected chi connectivity index (χ3v) is 4.45. The van der Waals surface area contributed by atoms with Crippen molar-refractivity contribution in [1.29, 1.82) is 0 Å². The van der Waals surface area contributed by atoms with E-state index < -0.39 is 4.92 Å². The van der Waals surface area contributed by atoms with Gasteiger partial charge in [0.15, 0.2) is 0 Å². The zero-order chi connectivity index (χ0) is 18.6. The second-order valence-electron chi connectivity index (χ2n) is 6.38. The van der Waals surface area contributed by atoms with Crippen molar-refractivity contribution in [2.75, 3.05) is 32.5 Å². The number of anilines is 1. The first-order valence-corrected chi connectivity index (χ1v) is 8.37. The van der Waals surface area contributed by atoms with Crippen molar-refractivity contribution in [1.82, 2.24) is 9.80 Å². The molecule has 1 saturated heterocycles. The lowest BCUT2D eigenvalue weighted by Crippen LogP contribution is -2.45. The van der Waals surface area contributed by atoms with Crippen LogP contribution < -0.4 is 5.32 Å². The SMILES string of the molecule is CCc1ccc(NC(=O)C2CCN(C(=O)N(C)C)CC2)cc1[N+](=O)[O-]. The molecule has 0 saturated carbocycles. The Labute approximate surface area is 146 Å². The standard InChI is InChI=1S/C17H24N4O4/c1-4-12-5-6-14(11-15(12)21(24)25)18-16(22)13-7-9-20(10-8-13)17(23)19(2)3/h5-6,11,13H,4,7-10H2,1-3H3,(H,18,22). The summed E-state index contributed by atoms with van der Waals surface area (Å²) in [5.74, 6) is -0.355. The average molecular weight is 348 g/mol. The molecule has 1 aliphatic rings. The first-order valence-electron chi connectivity index (χ1n) is 8.37. The highest BCUT2D eigenvalue weighted by Gasteiger charge is 2.28. The van der Waals surface area contributed by atoms with E-state index in [0.717, 1.165) is 0 Å². The third kappa shape index (κ3) is 4.46. The van der Waals surface area contributed by atoms with Gasteiger partial charge in [0.2, 0.25) is 5.91 Å². The second-order valence-corrected chi connectivity index (χ2v) is 6.38. The number of piperidine rings is 1. The van der Waals surface area contributed by atoms with Crippen molar-refractivity contribution >= 4 is 23.3 Å². The van der Waals surface area contributed by atoms with E-state index in [9.17, 15) is 19.7 Å². The van der Waals surface area contributed by atoms with Crippen LogP contribution in [-0.2, 0) is 11.2 Å². The highest BCUT2D eigenvalue weighted by Crippen LogP contribution is 2.25. The molecular weight excluding hydrogens is 324 g/mol. The van der Waals surface area contributed by atoms with E-state index >= 15 is 0 Å². The third-order valence-electron chi connectivity index (χ3n) is 4.45. The van der Waals surface area contributed by atoms with Crippen molar-refractivity contribution in [2.45, 2.75) is 26.2 Å². The maximum absolute atomic E-state index is 12.4. The van der Waals surface area contributed by atoms with Gasteiger partial charge in [0.1, 0.15) is 0 Å². The molecule has 0 unspecified atom stereocenters. The van der Waals surface area contributed by atoms with Crippen LogP contribution in [0.25, 0.3) is 0 Å². The van der Waals surface area contributed by atoms with Gasteiger partial charge in [-0.25, -0.2) is 4.79 Å². The van der Waals surface area contributed by atoms with E-state index in [1.165, 1.54) is 11.0 Å². The summed E-state index contributed by atoms with van der Waals surface area (Å²) in [4.78, 5) is 38.3. The first-order chi connectivity index (χ1) is 11.8. The highest BCUT2D eigenvalue weighted by molar-refractivity contribution is 5.93. The Kier molecular flexibility index (Phi) is 5.95. The number of carbonyl (C=O) groups is 2. The minimum atomic E-state index is -0.431. The average Bonchev–Trinajstić information content (AvgIpc) is 2.60. The van der Waals surface area contributed by atoms with E-state index in [0.29, 0.717) is 43.6 Å². The summed E-state index contributed by atoms with van der Waals surface area (Å²) in [6, 6.07) is 4.71. The number of nitrogens with zero attached hydrogens (tertiary/aromatic N) is 3. The zero-order valence-corrected chi connectivity index (χ0v) is 14.8. The Morgan fingerprint density at radius 3 is 2.48 bits per heavy atom. The van der Waals surface area contributed by atoms with Gasteiger partial charge in [-0.3, -0.25) is 14.9 Å². The Morgan fingerprint density at radius 2 is 1.96 bits per heavy atom. The molecule has 25 heavy (non-hydrogen) atoms. The molecule has 8 nitrogen and oxygen atoms in total. The van der Waals surface area contributed by atoms with Crippen molar-refractivity contribution in [3.8, 4) is 0 Å². The number of aryl methyl sites for hydroxylation is 1. The predicted octanol–water partition coefficient (Wildman–Crippen LogP) is 2.49. The number of amides is 3. The van der Waals surface area contributed by atoms with Gasteiger partial charge in [0.25, 0.3) is 5.69 Å². The van der Waals surface area contributed by atoms with Crippen molar-refractivity contribution in [2.24, 2.45) is 5.92 Å². The highest BCUT2D eigenvalue weighted by atomic mass is 16.6. The molecule has 0 bridgehead atoms. The molecule has 1 heterocycles. The van der Waals surface area contributed by atoms with Crippen LogP contribution in [0, 0.1) is 16.0 Å². The smallest absolute Gasteiger partial charge is 0.319 e. The van der Waals surface area contributed by atoms with E-state index in [2.05, 4.69) is 5.32 Å². The summed E-state index contributed by atoms with van der Waals surface area (Å²) in [5, 5.41) is 13.9. The summed E-state index contributed by atoms with van der Waals surface area (Å²) in [7, 11) is 3.40. The fraction of sp³-hybridized carbons (Fsp3) is 0.529. The van der Waals surface area contributed by atoms with Crippen LogP contribution in [0.1, 0.15) is 25.3 Å². The van der Waals surface area contributed by atoms with Gasteiger partial charge < -0.3 is 15.1 Å². The molecule has 0 aromatic heterocycles. The van der Waals surface area contributed by atoms with E-state index in [4.69, 9.17) is 0 Å². The minimum absolute atomic E-state index is 0.0201. The lowest BCUT2D eigenvalue weighted by molar-refractivity contribution is -0.385. The molecule has 1 N–H and O–H groups in total. The maximum atomic E-state index is 12.4. The molecule has 0 radical (unpaired) electrons. The van der Waals surface area contributed by atoms with Gasteiger partial charge in [-0.05, 0) is 25.3 Å². The van der Waals surface area contributed by atoms with Gasteiger partial charge in [-0.15, -0.1) is 0 Å². The van der Waals surface area contributed by atoms with E-state index in [-0.39, 0.29) is 23.5 Å². The molecule has 1 aromatic rings. The molecule has 136 valence electrons. The van der Waals surface area contributed by atoms with E-state index in [1.54, 1.807) is 31.1 Å². The van der Waals surface area contributed by atoms with Gasteiger partial charge in [0, 0.05) is 50.4 Å². The number of hydrogen-bond donors (Lipinski definition) is 1. The molecule has 0 atom stereocenters. The van der Waals surface area contributed by atoms with Crippen molar-refractivity contribution < 1.29 is 14.5 Å². The Bertz CT molecular complexity index is 667. The molecule has 1 aromatic carbocycles. The first kappa shape index (κ1) is 18.7. The number of urea groups is 1. The number of likely N-dealkylation sites (tertiary alicyclic amines) is 1. The Hall–Kier alpha value is -2.64. The number of rotatable bonds is 4. The molecule has 1 aliphatic heterocycles. The van der Waals surface area contributed by atoms with E-state index in [1.807, 2.05) is 6.92 Å². The molecule has 8 heteroatoms. The number of nitro groups is 1. The number of hydrogen-bond acceptors (Lipinski definition) is 4.